The third kappa shape index (κ3) is 6.73. The third-order valence-electron chi connectivity index (χ3n) is 5.26. The molecule has 0 saturated carbocycles. The van der Waals surface area contributed by atoms with E-state index in [1.54, 1.807) is 42.5 Å². The Morgan fingerprint density at radius 3 is 2.46 bits per heavy atom. The molecule has 2 N–H and O–H groups in total. The Kier molecular flexibility index (Phi) is 8.59. The Labute approximate surface area is 240 Å². The van der Waals surface area contributed by atoms with Gasteiger partial charge in [-0.25, -0.2) is 9.69 Å². The summed E-state index contributed by atoms with van der Waals surface area (Å²) in [6.07, 6.45) is 1.52. The lowest BCUT2D eigenvalue weighted by molar-refractivity contribution is -0.127. The second-order valence-electron chi connectivity index (χ2n) is 8.15. The summed E-state index contributed by atoms with van der Waals surface area (Å²) in [6, 6.07) is 15.3. The molecule has 0 radical (unpaired) electrons. The van der Waals surface area contributed by atoms with Crippen LogP contribution < -0.4 is 15.4 Å². The van der Waals surface area contributed by atoms with E-state index in [0.29, 0.717) is 36.0 Å². The van der Waals surface area contributed by atoms with E-state index in [1.165, 1.54) is 6.08 Å². The summed E-state index contributed by atoms with van der Waals surface area (Å²) in [4.78, 5) is 38.5. The van der Waals surface area contributed by atoms with E-state index in [9.17, 15) is 14.4 Å². The van der Waals surface area contributed by atoms with Gasteiger partial charge in [-0.05, 0) is 97.9 Å². The van der Waals surface area contributed by atoms with Crippen molar-refractivity contribution in [2.75, 3.05) is 11.9 Å². The molecule has 0 aromatic heterocycles. The molecule has 0 spiro atoms. The largest absolute Gasteiger partial charge is 0.487 e. The van der Waals surface area contributed by atoms with Gasteiger partial charge in [-0.2, -0.15) is 0 Å². The number of benzene rings is 3. The minimum absolute atomic E-state index is 0.0524. The van der Waals surface area contributed by atoms with Crippen molar-refractivity contribution < 1.29 is 19.1 Å². The van der Waals surface area contributed by atoms with Crippen molar-refractivity contribution >= 4 is 84.7 Å². The van der Waals surface area contributed by atoms with Crippen LogP contribution in [0.1, 0.15) is 16.7 Å². The fourth-order valence-corrected chi connectivity index (χ4v) is 5.31. The van der Waals surface area contributed by atoms with Gasteiger partial charge in [0.2, 0.25) is 5.91 Å². The van der Waals surface area contributed by atoms with Crippen molar-refractivity contribution in [3.8, 4) is 5.75 Å². The van der Waals surface area contributed by atoms with E-state index in [1.807, 2.05) is 19.1 Å². The number of nitrogens with zero attached hydrogens (tertiary/aromatic N) is 1. The molecule has 3 aromatic carbocycles. The lowest BCUT2D eigenvalue weighted by atomic mass is 10.2. The average Bonchev–Trinajstić information content (AvgIpc) is 3.08. The van der Waals surface area contributed by atoms with Gasteiger partial charge < -0.3 is 15.4 Å². The Hall–Kier alpha value is -2.85. The second kappa shape index (κ2) is 11.7. The van der Waals surface area contributed by atoms with Crippen LogP contribution in [-0.2, 0) is 16.2 Å². The summed E-state index contributed by atoms with van der Waals surface area (Å²) in [5.41, 5.74) is 3.07. The van der Waals surface area contributed by atoms with Gasteiger partial charge >= 0.3 is 6.03 Å². The molecule has 1 saturated heterocycles. The number of ether oxygens (including phenoxy) is 1. The molecule has 0 atom stereocenters. The summed E-state index contributed by atoms with van der Waals surface area (Å²) < 4.78 is 7.17. The number of urea groups is 1. The average molecular weight is 668 g/mol. The molecular weight excluding hydrogens is 649 g/mol. The standard InChI is InChI=1S/C26H19Br2Cl2N3O4/c1-14-3-2-4-17(7-14)31-23(34)12-33-25(35)22(32-26(33)36)11-16-8-18(27)24(19(28)9-16)37-13-15-5-6-20(29)21(30)10-15/h2-11H,12-13H2,1H3,(H,31,34)(H,32,36)/b22-11+. The summed E-state index contributed by atoms with van der Waals surface area (Å²) in [5, 5.41) is 6.12. The number of hydrogen-bond acceptors (Lipinski definition) is 4. The highest BCUT2D eigenvalue weighted by molar-refractivity contribution is 9.11. The zero-order valence-electron chi connectivity index (χ0n) is 19.3. The molecule has 0 unspecified atom stereocenters. The van der Waals surface area contributed by atoms with Crippen molar-refractivity contribution in [1.29, 1.82) is 0 Å². The minimum atomic E-state index is -0.671. The smallest absolute Gasteiger partial charge is 0.329 e. The van der Waals surface area contributed by atoms with E-state index < -0.39 is 24.4 Å². The number of carbonyl (C=O) groups excluding carboxylic acids is 3. The van der Waals surface area contributed by atoms with Crippen LogP contribution in [-0.4, -0.2) is 29.3 Å². The van der Waals surface area contributed by atoms with Gasteiger partial charge in [0.15, 0.2) is 0 Å². The SMILES string of the molecule is Cc1cccc(NC(=O)CN2C(=O)N/C(=C/c3cc(Br)c(OCc4ccc(Cl)c(Cl)c4)c(Br)c3)C2=O)c1. The first-order valence-electron chi connectivity index (χ1n) is 10.9. The summed E-state index contributed by atoms with van der Waals surface area (Å²) in [7, 11) is 0. The molecule has 4 rings (SSSR count). The van der Waals surface area contributed by atoms with Gasteiger partial charge in [-0.1, -0.05) is 41.4 Å². The minimum Gasteiger partial charge on any atom is -0.487 e. The Balaban J connectivity index is 1.44. The van der Waals surface area contributed by atoms with Crippen molar-refractivity contribution in [3.05, 3.63) is 96.0 Å². The quantitative estimate of drug-likeness (QED) is 0.211. The van der Waals surface area contributed by atoms with Crippen LogP contribution in [0.15, 0.2) is 69.2 Å². The number of halogens is 4. The number of imide groups is 1. The van der Waals surface area contributed by atoms with Crippen LogP contribution in [0.2, 0.25) is 10.0 Å². The van der Waals surface area contributed by atoms with Gasteiger partial charge in [0.1, 0.15) is 24.6 Å². The van der Waals surface area contributed by atoms with E-state index >= 15 is 0 Å². The van der Waals surface area contributed by atoms with Crippen LogP contribution in [0.3, 0.4) is 0 Å². The van der Waals surface area contributed by atoms with E-state index in [0.717, 1.165) is 16.0 Å². The number of amides is 4. The number of hydrogen-bond donors (Lipinski definition) is 2. The van der Waals surface area contributed by atoms with Gasteiger partial charge in [0, 0.05) is 5.69 Å². The van der Waals surface area contributed by atoms with Gasteiger partial charge in [-0.3, -0.25) is 9.59 Å². The van der Waals surface area contributed by atoms with Crippen LogP contribution in [0, 0.1) is 6.92 Å². The molecule has 1 fully saturated rings. The second-order valence-corrected chi connectivity index (χ2v) is 10.7. The molecule has 3 aromatic rings. The number of anilines is 1. The molecule has 0 aliphatic carbocycles. The predicted molar refractivity (Wildman–Crippen MR) is 151 cm³/mol. The zero-order chi connectivity index (χ0) is 26.7. The van der Waals surface area contributed by atoms with Crippen molar-refractivity contribution in [2.45, 2.75) is 13.5 Å². The van der Waals surface area contributed by atoms with Gasteiger partial charge in [0.05, 0.1) is 19.0 Å². The molecule has 1 aliphatic rings. The number of aryl methyl sites for hydroxylation is 1. The highest BCUT2D eigenvalue weighted by Gasteiger charge is 2.35. The van der Waals surface area contributed by atoms with Gasteiger partial charge in [0.25, 0.3) is 5.91 Å². The van der Waals surface area contributed by atoms with Crippen LogP contribution in [0.5, 0.6) is 5.75 Å². The molecule has 37 heavy (non-hydrogen) atoms. The Morgan fingerprint density at radius 1 is 1.05 bits per heavy atom. The van der Waals surface area contributed by atoms with Gasteiger partial charge in [-0.15, -0.1) is 0 Å². The molecule has 1 heterocycles. The van der Waals surface area contributed by atoms with E-state index in [-0.39, 0.29) is 12.3 Å². The lowest BCUT2D eigenvalue weighted by Gasteiger charge is -2.12. The Morgan fingerprint density at radius 2 is 1.78 bits per heavy atom. The highest BCUT2D eigenvalue weighted by atomic mass is 79.9. The number of nitrogens with one attached hydrogen (secondary N) is 2. The van der Waals surface area contributed by atoms with E-state index in [4.69, 9.17) is 27.9 Å². The van der Waals surface area contributed by atoms with Crippen molar-refractivity contribution in [2.24, 2.45) is 0 Å². The van der Waals surface area contributed by atoms with Crippen LogP contribution >= 0.6 is 55.1 Å². The molecule has 4 amide bonds. The van der Waals surface area contributed by atoms with E-state index in [2.05, 4.69) is 42.5 Å². The first kappa shape index (κ1) is 27.2. The van der Waals surface area contributed by atoms with Crippen LogP contribution in [0.4, 0.5) is 10.5 Å². The molecule has 0 bridgehead atoms. The first-order chi connectivity index (χ1) is 17.6. The molecule has 190 valence electrons. The highest BCUT2D eigenvalue weighted by Crippen LogP contribution is 2.36. The summed E-state index contributed by atoms with van der Waals surface area (Å²) in [6.45, 7) is 1.74. The maximum atomic E-state index is 12.8. The molecular formula is C26H19Br2Cl2N3O4. The predicted octanol–water partition coefficient (Wildman–Crippen LogP) is 6.94. The van der Waals surface area contributed by atoms with Crippen molar-refractivity contribution in [3.63, 3.8) is 0 Å². The first-order valence-corrected chi connectivity index (χ1v) is 13.2. The molecule has 1 aliphatic heterocycles. The molecule has 7 nitrogen and oxygen atoms in total. The Bertz CT molecular complexity index is 1420. The summed E-state index contributed by atoms with van der Waals surface area (Å²) in [5.74, 6) is -0.537. The fraction of sp³-hybridized carbons (Fsp3) is 0.115. The summed E-state index contributed by atoms with van der Waals surface area (Å²) >= 11 is 19.0. The number of rotatable bonds is 7. The monoisotopic (exact) mass is 665 g/mol. The topological polar surface area (TPSA) is 87.7 Å². The lowest BCUT2D eigenvalue weighted by Crippen LogP contribution is -2.38. The maximum Gasteiger partial charge on any atom is 0.329 e. The number of carbonyl (C=O) groups is 3. The maximum absolute atomic E-state index is 12.8. The zero-order valence-corrected chi connectivity index (χ0v) is 24.0. The van der Waals surface area contributed by atoms with Crippen molar-refractivity contribution in [1.82, 2.24) is 10.2 Å². The molecule has 11 heteroatoms. The van der Waals surface area contributed by atoms with Crippen LogP contribution in [0.25, 0.3) is 6.08 Å². The normalized spacial score (nSPS) is 14.2. The third-order valence-corrected chi connectivity index (χ3v) is 7.18. The fourth-order valence-electron chi connectivity index (χ4n) is 3.53.